The number of hydrogen-bond acceptors (Lipinski definition) is 5. The molecule has 3 N–H and O–H groups in total. The average Bonchev–Trinajstić information content (AvgIpc) is 3.06. The number of nitrogens with two attached hydrogens (primary N) is 1. The Morgan fingerprint density at radius 1 is 1.61 bits per heavy atom. The van der Waals surface area contributed by atoms with Gasteiger partial charge < -0.3 is 15.8 Å². The van der Waals surface area contributed by atoms with Crippen molar-refractivity contribution >= 4 is 23.1 Å². The molecule has 0 aliphatic heterocycles. The van der Waals surface area contributed by atoms with E-state index < -0.39 is 0 Å². The topological polar surface area (TPSA) is 91.8 Å². The van der Waals surface area contributed by atoms with E-state index in [1.807, 2.05) is 0 Å². The summed E-state index contributed by atoms with van der Waals surface area (Å²) in [5, 5.41) is 11.6. The highest BCUT2D eigenvalue weighted by atomic mass is 32.1. The SMILES string of the molecule is NC(CN(C(=O)c1cncs1)C1CCCC1)=NO. The summed E-state index contributed by atoms with van der Waals surface area (Å²) >= 11 is 1.31. The zero-order chi connectivity index (χ0) is 13.0. The van der Waals surface area contributed by atoms with Gasteiger partial charge >= 0.3 is 0 Å². The van der Waals surface area contributed by atoms with Crippen LogP contribution in [-0.4, -0.2) is 39.4 Å². The highest BCUT2D eigenvalue weighted by molar-refractivity contribution is 7.11. The van der Waals surface area contributed by atoms with Crippen molar-refractivity contribution in [3.8, 4) is 0 Å². The summed E-state index contributed by atoms with van der Waals surface area (Å²) in [5.74, 6) is -0.0317. The smallest absolute Gasteiger partial charge is 0.266 e. The molecule has 0 bridgehead atoms. The molecule has 0 aromatic carbocycles. The molecule has 0 saturated heterocycles. The fourth-order valence-corrected chi connectivity index (χ4v) is 2.83. The average molecular weight is 268 g/mol. The number of amidine groups is 1. The Morgan fingerprint density at radius 2 is 2.33 bits per heavy atom. The molecule has 0 atom stereocenters. The van der Waals surface area contributed by atoms with Crippen molar-refractivity contribution in [2.75, 3.05) is 6.54 Å². The van der Waals surface area contributed by atoms with Crippen LogP contribution < -0.4 is 5.73 Å². The first kappa shape index (κ1) is 12.8. The van der Waals surface area contributed by atoms with E-state index in [0.29, 0.717) is 4.88 Å². The van der Waals surface area contributed by atoms with E-state index in [9.17, 15) is 4.79 Å². The molecule has 1 aliphatic rings. The minimum Gasteiger partial charge on any atom is -0.409 e. The van der Waals surface area contributed by atoms with Crippen molar-refractivity contribution in [3.63, 3.8) is 0 Å². The third kappa shape index (κ3) is 2.79. The second-order valence-electron chi connectivity index (χ2n) is 4.33. The van der Waals surface area contributed by atoms with E-state index in [2.05, 4.69) is 10.1 Å². The van der Waals surface area contributed by atoms with E-state index in [4.69, 9.17) is 10.9 Å². The van der Waals surface area contributed by atoms with Crippen molar-refractivity contribution in [3.05, 3.63) is 16.6 Å². The molecule has 1 aromatic rings. The maximum atomic E-state index is 12.3. The number of nitrogens with zero attached hydrogens (tertiary/aromatic N) is 3. The minimum absolute atomic E-state index is 0.0553. The fraction of sp³-hybridized carbons (Fsp3) is 0.545. The van der Waals surface area contributed by atoms with Gasteiger partial charge in [-0.25, -0.2) is 0 Å². The van der Waals surface area contributed by atoms with Crippen LogP contribution in [0.2, 0.25) is 0 Å². The first-order valence-corrected chi connectivity index (χ1v) is 6.76. The number of rotatable bonds is 4. The molecule has 98 valence electrons. The molecule has 1 fully saturated rings. The molecular weight excluding hydrogens is 252 g/mol. The molecule has 0 spiro atoms. The van der Waals surface area contributed by atoms with Gasteiger partial charge in [0.1, 0.15) is 4.88 Å². The van der Waals surface area contributed by atoms with Crippen LogP contribution in [0.5, 0.6) is 0 Å². The van der Waals surface area contributed by atoms with Gasteiger partial charge in [0.2, 0.25) is 0 Å². The molecule has 1 amide bonds. The standard InChI is InChI=1S/C11H16N4O2S/c12-10(14-17)6-15(8-3-1-2-4-8)11(16)9-5-13-7-18-9/h5,7-8,17H,1-4,6H2,(H2,12,14). The predicted molar refractivity (Wildman–Crippen MR) is 68.8 cm³/mol. The predicted octanol–water partition coefficient (Wildman–Crippen LogP) is 1.27. The lowest BCUT2D eigenvalue weighted by Crippen LogP contribution is -2.44. The van der Waals surface area contributed by atoms with Gasteiger partial charge in [0.15, 0.2) is 5.84 Å². The molecule has 7 heteroatoms. The first-order chi connectivity index (χ1) is 8.72. The van der Waals surface area contributed by atoms with Crippen molar-refractivity contribution in [2.45, 2.75) is 31.7 Å². The lowest BCUT2D eigenvalue weighted by molar-refractivity contribution is 0.0717. The molecular formula is C11H16N4O2S. The van der Waals surface area contributed by atoms with Crippen molar-refractivity contribution in [2.24, 2.45) is 10.9 Å². The Bertz CT molecular complexity index is 426. The van der Waals surface area contributed by atoms with Crippen LogP contribution >= 0.6 is 11.3 Å². The minimum atomic E-state index is -0.0870. The normalized spacial score (nSPS) is 17.0. The van der Waals surface area contributed by atoms with Gasteiger partial charge in [0, 0.05) is 6.04 Å². The Labute approximate surface area is 109 Å². The van der Waals surface area contributed by atoms with Crippen molar-refractivity contribution in [1.29, 1.82) is 0 Å². The molecule has 1 heterocycles. The molecule has 0 unspecified atom stereocenters. The fourth-order valence-electron chi connectivity index (χ4n) is 2.25. The summed E-state index contributed by atoms with van der Waals surface area (Å²) in [4.78, 5) is 18.5. The Hall–Kier alpha value is -1.63. The van der Waals surface area contributed by atoms with Crippen LogP contribution in [-0.2, 0) is 0 Å². The van der Waals surface area contributed by atoms with Gasteiger partial charge in [-0.05, 0) is 12.8 Å². The van der Waals surface area contributed by atoms with Crippen LogP contribution in [0.25, 0.3) is 0 Å². The maximum absolute atomic E-state index is 12.3. The Balaban J connectivity index is 2.15. The lowest BCUT2D eigenvalue weighted by atomic mass is 10.2. The summed E-state index contributed by atoms with van der Waals surface area (Å²) in [7, 11) is 0. The van der Waals surface area contributed by atoms with Gasteiger partial charge in [0.25, 0.3) is 5.91 Å². The van der Waals surface area contributed by atoms with Crippen LogP contribution in [0.4, 0.5) is 0 Å². The van der Waals surface area contributed by atoms with Gasteiger partial charge in [-0.15, -0.1) is 11.3 Å². The van der Waals surface area contributed by atoms with Gasteiger partial charge in [-0.2, -0.15) is 0 Å². The van der Waals surface area contributed by atoms with Gasteiger partial charge in [-0.1, -0.05) is 18.0 Å². The third-order valence-electron chi connectivity index (χ3n) is 3.13. The highest BCUT2D eigenvalue weighted by Crippen LogP contribution is 2.25. The molecule has 1 aromatic heterocycles. The van der Waals surface area contributed by atoms with Crippen molar-refractivity contribution < 1.29 is 10.0 Å². The number of amides is 1. The zero-order valence-corrected chi connectivity index (χ0v) is 10.8. The third-order valence-corrected chi connectivity index (χ3v) is 3.89. The van der Waals surface area contributed by atoms with E-state index in [-0.39, 0.29) is 24.3 Å². The Kier molecular flexibility index (Phi) is 4.14. The highest BCUT2D eigenvalue weighted by Gasteiger charge is 2.28. The van der Waals surface area contributed by atoms with Crippen LogP contribution in [0.15, 0.2) is 16.9 Å². The molecule has 1 saturated carbocycles. The van der Waals surface area contributed by atoms with Crippen LogP contribution in [0.1, 0.15) is 35.4 Å². The second-order valence-corrected chi connectivity index (χ2v) is 5.21. The quantitative estimate of drug-likeness (QED) is 0.372. The number of oxime groups is 1. The molecule has 2 rings (SSSR count). The summed E-state index contributed by atoms with van der Waals surface area (Å²) < 4.78 is 0. The van der Waals surface area contributed by atoms with Crippen molar-refractivity contribution in [1.82, 2.24) is 9.88 Å². The summed E-state index contributed by atoms with van der Waals surface area (Å²) in [6.07, 6.45) is 5.74. The van der Waals surface area contributed by atoms with Gasteiger partial charge in [0.05, 0.1) is 18.3 Å². The van der Waals surface area contributed by atoms with Crippen LogP contribution in [0.3, 0.4) is 0 Å². The number of carbonyl (C=O) groups is 1. The molecule has 0 radical (unpaired) electrons. The number of thiazole rings is 1. The molecule has 1 aliphatic carbocycles. The Morgan fingerprint density at radius 3 is 2.89 bits per heavy atom. The monoisotopic (exact) mass is 268 g/mol. The summed E-state index contributed by atoms with van der Waals surface area (Å²) in [6, 6.07) is 0.180. The van der Waals surface area contributed by atoms with Gasteiger partial charge in [-0.3, -0.25) is 9.78 Å². The number of carbonyl (C=O) groups excluding carboxylic acids is 1. The van der Waals surface area contributed by atoms with E-state index in [1.54, 1.807) is 16.6 Å². The molecule has 6 nitrogen and oxygen atoms in total. The maximum Gasteiger partial charge on any atom is 0.266 e. The summed E-state index contributed by atoms with van der Waals surface area (Å²) in [5.41, 5.74) is 7.16. The van der Waals surface area contributed by atoms with E-state index in [1.165, 1.54) is 11.3 Å². The lowest BCUT2D eigenvalue weighted by Gasteiger charge is -2.27. The zero-order valence-electron chi connectivity index (χ0n) is 9.95. The van der Waals surface area contributed by atoms with E-state index in [0.717, 1.165) is 25.7 Å². The second kappa shape index (κ2) is 5.81. The van der Waals surface area contributed by atoms with Crippen LogP contribution in [0, 0.1) is 0 Å². The molecule has 18 heavy (non-hydrogen) atoms. The number of hydrogen-bond donors (Lipinski definition) is 2. The number of aromatic nitrogens is 1. The van der Waals surface area contributed by atoms with E-state index >= 15 is 0 Å². The summed E-state index contributed by atoms with van der Waals surface area (Å²) in [6.45, 7) is 0.165. The largest absolute Gasteiger partial charge is 0.409 e. The first-order valence-electron chi connectivity index (χ1n) is 5.88.